The van der Waals surface area contributed by atoms with Crippen molar-refractivity contribution in [2.24, 2.45) is 5.41 Å². The van der Waals surface area contributed by atoms with Gasteiger partial charge in [0.25, 0.3) is 0 Å². The SMILES string of the molecule is CC(n1nnnc1-c1cc(N)c(F)cc1F)C(C)(C)C. The second-order valence-electron chi connectivity index (χ2n) is 5.84. The Hall–Kier alpha value is -2.05. The van der Waals surface area contributed by atoms with Crippen LogP contribution in [0.25, 0.3) is 11.4 Å². The van der Waals surface area contributed by atoms with Crippen LogP contribution in [0.1, 0.15) is 33.7 Å². The van der Waals surface area contributed by atoms with Crippen molar-refractivity contribution >= 4 is 5.69 Å². The molecule has 0 fully saturated rings. The fourth-order valence-corrected chi connectivity index (χ4v) is 1.74. The Balaban J connectivity index is 2.56. The second-order valence-corrected chi connectivity index (χ2v) is 5.84. The summed E-state index contributed by atoms with van der Waals surface area (Å²) in [6.45, 7) is 8.01. The van der Waals surface area contributed by atoms with Crippen LogP contribution in [0, 0.1) is 17.0 Å². The number of tetrazole rings is 1. The number of hydrogen-bond donors (Lipinski definition) is 1. The predicted molar refractivity (Wildman–Crippen MR) is 71.7 cm³/mol. The molecule has 2 rings (SSSR count). The molecule has 5 nitrogen and oxygen atoms in total. The maximum absolute atomic E-state index is 13.9. The second kappa shape index (κ2) is 4.81. The van der Waals surface area contributed by atoms with E-state index < -0.39 is 11.6 Å². The number of aromatic nitrogens is 4. The molecule has 0 aliphatic rings. The monoisotopic (exact) mass is 281 g/mol. The summed E-state index contributed by atoms with van der Waals surface area (Å²) in [4.78, 5) is 0. The zero-order valence-corrected chi connectivity index (χ0v) is 11.9. The van der Waals surface area contributed by atoms with E-state index >= 15 is 0 Å². The lowest BCUT2D eigenvalue weighted by atomic mass is 9.88. The van der Waals surface area contributed by atoms with Gasteiger partial charge in [-0.05, 0) is 28.8 Å². The largest absolute Gasteiger partial charge is 0.396 e. The zero-order chi connectivity index (χ0) is 15.1. The van der Waals surface area contributed by atoms with Gasteiger partial charge in [-0.15, -0.1) is 5.10 Å². The van der Waals surface area contributed by atoms with Crippen molar-refractivity contribution in [1.29, 1.82) is 0 Å². The van der Waals surface area contributed by atoms with Crippen LogP contribution < -0.4 is 5.73 Å². The first-order valence-corrected chi connectivity index (χ1v) is 6.24. The number of halogens is 2. The molecule has 1 aromatic carbocycles. The smallest absolute Gasteiger partial charge is 0.185 e. The molecule has 2 aromatic rings. The fraction of sp³-hybridized carbons (Fsp3) is 0.462. The third-order valence-corrected chi connectivity index (χ3v) is 3.44. The van der Waals surface area contributed by atoms with E-state index in [1.807, 2.05) is 27.7 Å². The first kappa shape index (κ1) is 14.4. The lowest BCUT2D eigenvalue weighted by Crippen LogP contribution is -2.23. The Bertz CT molecular complexity index is 630. The Morgan fingerprint density at radius 1 is 1.20 bits per heavy atom. The molecule has 2 N–H and O–H groups in total. The number of nitrogens with zero attached hydrogens (tertiary/aromatic N) is 4. The molecule has 108 valence electrons. The Labute approximate surface area is 115 Å². The van der Waals surface area contributed by atoms with Gasteiger partial charge in [0, 0.05) is 6.07 Å². The van der Waals surface area contributed by atoms with Crippen molar-refractivity contribution in [2.45, 2.75) is 33.7 Å². The number of hydrogen-bond acceptors (Lipinski definition) is 4. The van der Waals surface area contributed by atoms with Gasteiger partial charge in [-0.3, -0.25) is 0 Å². The van der Waals surface area contributed by atoms with E-state index in [0.717, 1.165) is 6.07 Å². The number of rotatable bonds is 2. The third kappa shape index (κ3) is 2.48. The van der Waals surface area contributed by atoms with Crippen molar-refractivity contribution in [3.8, 4) is 11.4 Å². The number of nitrogen functional groups attached to an aromatic ring is 1. The van der Waals surface area contributed by atoms with Gasteiger partial charge >= 0.3 is 0 Å². The van der Waals surface area contributed by atoms with Gasteiger partial charge < -0.3 is 5.73 Å². The standard InChI is InChI=1S/C13H17F2N5/c1-7(13(2,3)4)20-12(17-18-19-20)8-5-11(16)10(15)6-9(8)14/h5-7H,16H2,1-4H3. The minimum Gasteiger partial charge on any atom is -0.396 e. The average molecular weight is 281 g/mol. The Kier molecular flexibility index (Phi) is 3.45. The van der Waals surface area contributed by atoms with Gasteiger partial charge in [-0.2, -0.15) is 0 Å². The van der Waals surface area contributed by atoms with E-state index in [9.17, 15) is 8.78 Å². The van der Waals surface area contributed by atoms with E-state index in [1.165, 1.54) is 10.7 Å². The minimum absolute atomic E-state index is 0.0711. The normalized spacial score (nSPS) is 13.5. The summed E-state index contributed by atoms with van der Waals surface area (Å²) in [7, 11) is 0. The van der Waals surface area contributed by atoms with Gasteiger partial charge in [0.05, 0.1) is 17.3 Å². The van der Waals surface area contributed by atoms with Crippen molar-refractivity contribution < 1.29 is 8.78 Å². The van der Waals surface area contributed by atoms with Gasteiger partial charge in [0.15, 0.2) is 5.82 Å². The molecule has 1 aromatic heterocycles. The van der Waals surface area contributed by atoms with E-state index in [2.05, 4.69) is 15.5 Å². The molecular formula is C13H17F2N5. The molecule has 20 heavy (non-hydrogen) atoms. The molecule has 0 spiro atoms. The molecule has 1 heterocycles. The molecule has 0 aliphatic carbocycles. The average Bonchev–Trinajstić information content (AvgIpc) is 2.80. The van der Waals surface area contributed by atoms with E-state index in [-0.39, 0.29) is 28.5 Å². The fourth-order valence-electron chi connectivity index (χ4n) is 1.74. The summed E-state index contributed by atoms with van der Waals surface area (Å²) in [6, 6.07) is 1.88. The van der Waals surface area contributed by atoms with Crippen molar-refractivity contribution in [3.05, 3.63) is 23.8 Å². The van der Waals surface area contributed by atoms with Crippen LogP contribution in [-0.4, -0.2) is 20.2 Å². The molecule has 7 heteroatoms. The number of nitrogens with two attached hydrogens (primary N) is 1. The highest BCUT2D eigenvalue weighted by Crippen LogP contribution is 2.33. The molecule has 0 saturated heterocycles. The zero-order valence-electron chi connectivity index (χ0n) is 11.9. The Morgan fingerprint density at radius 3 is 2.45 bits per heavy atom. The summed E-state index contributed by atoms with van der Waals surface area (Å²) in [5.74, 6) is -1.31. The van der Waals surface area contributed by atoms with E-state index in [1.54, 1.807) is 0 Å². The van der Waals surface area contributed by atoms with Crippen molar-refractivity contribution in [2.75, 3.05) is 5.73 Å². The lowest BCUT2D eigenvalue weighted by Gasteiger charge is -2.27. The highest BCUT2D eigenvalue weighted by molar-refractivity contribution is 5.62. The summed E-state index contributed by atoms with van der Waals surface area (Å²) in [6.07, 6.45) is 0. The summed E-state index contributed by atoms with van der Waals surface area (Å²) in [5.41, 5.74) is 5.32. The highest BCUT2D eigenvalue weighted by Gasteiger charge is 2.27. The lowest BCUT2D eigenvalue weighted by molar-refractivity contribution is 0.243. The third-order valence-electron chi connectivity index (χ3n) is 3.44. The predicted octanol–water partition coefficient (Wildman–Crippen LogP) is 2.81. The van der Waals surface area contributed by atoms with E-state index in [4.69, 9.17) is 5.73 Å². The maximum atomic E-state index is 13.9. The van der Waals surface area contributed by atoms with Crippen LogP contribution in [0.4, 0.5) is 14.5 Å². The van der Waals surface area contributed by atoms with Crippen LogP contribution in [0.2, 0.25) is 0 Å². The quantitative estimate of drug-likeness (QED) is 0.859. The van der Waals surface area contributed by atoms with Crippen molar-refractivity contribution in [1.82, 2.24) is 20.2 Å². The molecular weight excluding hydrogens is 264 g/mol. The van der Waals surface area contributed by atoms with Crippen LogP contribution >= 0.6 is 0 Å². The minimum atomic E-state index is -0.797. The van der Waals surface area contributed by atoms with Crippen LogP contribution in [-0.2, 0) is 0 Å². The molecule has 0 radical (unpaired) electrons. The van der Waals surface area contributed by atoms with Gasteiger partial charge in [0.1, 0.15) is 11.6 Å². The van der Waals surface area contributed by atoms with Gasteiger partial charge in [-0.25, -0.2) is 13.5 Å². The summed E-state index contributed by atoms with van der Waals surface area (Å²) >= 11 is 0. The number of benzene rings is 1. The van der Waals surface area contributed by atoms with Crippen LogP contribution in [0.5, 0.6) is 0 Å². The van der Waals surface area contributed by atoms with Gasteiger partial charge in [-0.1, -0.05) is 20.8 Å². The topological polar surface area (TPSA) is 69.6 Å². The highest BCUT2D eigenvalue weighted by atomic mass is 19.1. The molecule has 1 unspecified atom stereocenters. The Morgan fingerprint density at radius 2 is 1.85 bits per heavy atom. The van der Waals surface area contributed by atoms with E-state index in [0.29, 0.717) is 0 Å². The summed E-state index contributed by atoms with van der Waals surface area (Å²) < 4.78 is 28.7. The number of anilines is 1. The molecule has 0 bridgehead atoms. The maximum Gasteiger partial charge on any atom is 0.185 e. The first-order chi connectivity index (χ1) is 9.21. The molecule has 0 aliphatic heterocycles. The molecule has 1 atom stereocenters. The molecule has 0 amide bonds. The molecule has 0 saturated carbocycles. The van der Waals surface area contributed by atoms with Gasteiger partial charge in [0.2, 0.25) is 0 Å². The van der Waals surface area contributed by atoms with Crippen LogP contribution in [0.15, 0.2) is 12.1 Å². The summed E-state index contributed by atoms with van der Waals surface area (Å²) in [5, 5.41) is 11.3. The first-order valence-electron chi connectivity index (χ1n) is 6.24. The van der Waals surface area contributed by atoms with Crippen molar-refractivity contribution in [3.63, 3.8) is 0 Å². The van der Waals surface area contributed by atoms with Crippen LogP contribution in [0.3, 0.4) is 0 Å².